The molecule has 3 amide bonds. The van der Waals surface area contributed by atoms with E-state index in [1.807, 2.05) is 0 Å². The highest BCUT2D eigenvalue weighted by Gasteiger charge is 2.41. The monoisotopic (exact) mass is 382 g/mol. The largest absolute Gasteiger partial charge is 0.471 e. The number of benzene rings is 1. The van der Waals surface area contributed by atoms with Crippen molar-refractivity contribution in [1.82, 2.24) is 10.2 Å². The number of amides is 3. The van der Waals surface area contributed by atoms with E-state index in [0.29, 0.717) is 16.2 Å². The van der Waals surface area contributed by atoms with Crippen LogP contribution in [0.1, 0.15) is 5.56 Å². The first kappa shape index (κ1) is 22.7. The number of nitrogens with zero attached hydrogens (tertiary/aromatic N) is 1. The molecule has 25 heavy (non-hydrogen) atoms. The zero-order valence-electron chi connectivity index (χ0n) is 13.2. The van der Waals surface area contributed by atoms with Gasteiger partial charge in [-0.1, -0.05) is 12.1 Å². The Bertz CT molecular complexity index is 626. The summed E-state index contributed by atoms with van der Waals surface area (Å²) in [7, 11) is 1.03. The van der Waals surface area contributed by atoms with Gasteiger partial charge in [-0.25, -0.2) is 0 Å². The van der Waals surface area contributed by atoms with Crippen LogP contribution in [0.25, 0.3) is 0 Å². The summed E-state index contributed by atoms with van der Waals surface area (Å²) in [6.07, 6.45) is -4.94. The van der Waals surface area contributed by atoms with Gasteiger partial charge in [0.05, 0.1) is 13.1 Å². The SMILES string of the molecule is CN(Cc1cccc(NC(=O)CNC(=O)CN)c1)C(=O)C(F)(F)F.Cl. The molecule has 0 saturated carbocycles. The third-order valence-electron chi connectivity index (χ3n) is 2.85. The Kier molecular flexibility index (Phi) is 8.93. The van der Waals surface area contributed by atoms with Gasteiger partial charge in [0.1, 0.15) is 0 Å². The van der Waals surface area contributed by atoms with Gasteiger partial charge < -0.3 is 21.3 Å². The topological polar surface area (TPSA) is 105 Å². The Balaban J connectivity index is 0.00000576. The first-order valence-electron chi connectivity index (χ1n) is 6.81. The van der Waals surface area contributed by atoms with Crippen LogP contribution >= 0.6 is 12.4 Å². The number of alkyl halides is 3. The van der Waals surface area contributed by atoms with Gasteiger partial charge in [-0.15, -0.1) is 12.4 Å². The zero-order valence-corrected chi connectivity index (χ0v) is 14.0. The van der Waals surface area contributed by atoms with Crippen LogP contribution in [-0.4, -0.2) is 48.9 Å². The van der Waals surface area contributed by atoms with Gasteiger partial charge in [0.2, 0.25) is 11.8 Å². The molecule has 0 unspecified atom stereocenters. The number of carbonyl (C=O) groups excluding carboxylic acids is 3. The summed E-state index contributed by atoms with van der Waals surface area (Å²) in [4.78, 5) is 34.2. The predicted octanol–water partition coefficient (Wildman–Crippen LogP) is 0.642. The number of nitrogens with two attached hydrogens (primary N) is 1. The number of carbonyl (C=O) groups is 3. The maximum Gasteiger partial charge on any atom is 0.471 e. The fourth-order valence-electron chi connectivity index (χ4n) is 1.77. The molecule has 0 aromatic heterocycles. The maximum absolute atomic E-state index is 12.3. The van der Waals surface area contributed by atoms with E-state index in [4.69, 9.17) is 5.73 Å². The number of hydrogen-bond donors (Lipinski definition) is 3. The summed E-state index contributed by atoms with van der Waals surface area (Å²) in [6, 6.07) is 6.00. The van der Waals surface area contributed by atoms with Gasteiger partial charge in [0, 0.05) is 19.3 Å². The highest BCUT2D eigenvalue weighted by Crippen LogP contribution is 2.19. The van der Waals surface area contributed by atoms with Crippen LogP contribution in [0.5, 0.6) is 0 Å². The lowest BCUT2D eigenvalue weighted by Gasteiger charge is -2.19. The van der Waals surface area contributed by atoms with Crippen molar-refractivity contribution >= 4 is 35.8 Å². The average Bonchev–Trinajstić information content (AvgIpc) is 2.51. The Labute approximate surface area is 148 Å². The van der Waals surface area contributed by atoms with Gasteiger partial charge in [-0.3, -0.25) is 14.4 Å². The summed E-state index contributed by atoms with van der Waals surface area (Å²) in [6.45, 7) is -0.805. The lowest BCUT2D eigenvalue weighted by molar-refractivity contribution is -0.184. The quantitative estimate of drug-likeness (QED) is 0.671. The molecule has 1 aromatic carbocycles. The Hall–Kier alpha value is -2.33. The molecule has 0 radical (unpaired) electrons. The minimum atomic E-state index is -4.94. The van der Waals surface area contributed by atoms with Crippen LogP contribution in [0.3, 0.4) is 0 Å². The van der Waals surface area contributed by atoms with Crippen molar-refractivity contribution in [3.05, 3.63) is 29.8 Å². The highest BCUT2D eigenvalue weighted by molar-refractivity contribution is 5.94. The summed E-state index contributed by atoms with van der Waals surface area (Å²) >= 11 is 0. The van der Waals surface area contributed by atoms with Gasteiger partial charge in [-0.05, 0) is 17.7 Å². The smallest absolute Gasteiger partial charge is 0.346 e. The molecule has 1 rings (SSSR count). The standard InChI is InChI=1S/C14H17F3N4O3.ClH/c1-21(13(24)14(15,16)17)8-9-3-2-4-10(5-9)20-12(23)7-19-11(22)6-18;/h2-5H,6-8,18H2,1H3,(H,19,22)(H,20,23);1H. The Morgan fingerprint density at radius 3 is 2.40 bits per heavy atom. The summed E-state index contributed by atoms with van der Waals surface area (Å²) in [5, 5.41) is 4.75. The van der Waals surface area contributed by atoms with Crippen molar-refractivity contribution in [3.63, 3.8) is 0 Å². The van der Waals surface area contributed by atoms with E-state index in [1.165, 1.54) is 24.3 Å². The van der Waals surface area contributed by atoms with E-state index in [-0.39, 0.29) is 32.0 Å². The van der Waals surface area contributed by atoms with Crippen LogP contribution < -0.4 is 16.4 Å². The molecular weight excluding hydrogens is 365 g/mol. The van der Waals surface area contributed by atoms with Crippen molar-refractivity contribution < 1.29 is 27.6 Å². The van der Waals surface area contributed by atoms with Crippen LogP contribution in [-0.2, 0) is 20.9 Å². The molecule has 0 aliphatic carbocycles. The molecule has 0 saturated heterocycles. The van der Waals surface area contributed by atoms with E-state index in [2.05, 4.69) is 10.6 Å². The fraction of sp³-hybridized carbons (Fsp3) is 0.357. The van der Waals surface area contributed by atoms with Gasteiger partial charge in [0.25, 0.3) is 0 Å². The lowest BCUT2D eigenvalue weighted by atomic mass is 10.2. The number of nitrogens with one attached hydrogen (secondary N) is 2. The molecule has 7 nitrogen and oxygen atoms in total. The van der Waals surface area contributed by atoms with Gasteiger partial charge >= 0.3 is 12.1 Å². The van der Waals surface area contributed by atoms with Crippen molar-refractivity contribution in [2.45, 2.75) is 12.7 Å². The molecular formula is C14H18ClF3N4O3. The van der Waals surface area contributed by atoms with Crippen LogP contribution in [0.4, 0.5) is 18.9 Å². The van der Waals surface area contributed by atoms with Gasteiger partial charge in [-0.2, -0.15) is 13.2 Å². The predicted molar refractivity (Wildman–Crippen MR) is 86.9 cm³/mol. The summed E-state index contributed by atoms with van der Waals surface area (Å²) in [5.41, 5.74) is 5.80. The van der Waals surface area contributed by atoms with Crippen molar-refractivity contribution in [3.8, 4) is 0 Å². The molecule has 0 fully saturated rings. The minimum absolute atomic E-state index is 0. The van der Waals surface area contributed by atoms with Crippen molar-refractivity contribution in [2.24, 2.45) is 5.73 Å². The molecule has 0 aliphatic rings. The van der Waals surface area contributed by atoms with Gasteiger partial charge in [0.15, 0.2) is 0 Å². The van der Waals surface area contributed by atoms with Crippen LogP contribution in [0.15, 0.2) is 24.3 Å². The van der Waals surface area contributed by atoms with E-state index >= 15 is 0 Å². The summed E-state index contributed by atoms with van der Waals surface area (Å²) < 4.78 is 37.0. The average molecular weight is 383 g/mol. The molecule has 0 atom stereocenters. The summed E-state index contributed by atoms with van der Waals surface area (Å²) in [5.74, 6) is -2.97. The van der Waals surface area contributed by atoms with Crippen molar-refractivity contribution in [2.75, 3.05) is 25.5 Å². The molecule has 11 heteroatoms. The fourth-order valence-corrected chi connectivity index (χ4v) is 1.77. The van der Waals surface area contributed by atoms with E-state index in [1.54, 1.807) is 0 Å². The molecule has 0 heterocycles. The first-order valence-corrected chi connectivity index (χ1v) is 6.81. The first-order chi connectivity index (χ1) is 11.1. The second-order valence-corrected chi connectivity index (χ2v) is 4.89. The van der Waals surface area contributed by atoms with E-state index in [9.17, 15) is 27.6 Å². The highest BCUT2D eigenvalue weighted by atomic mass is 35.5. The molecule has 0 spiro atoms. The molecule has 1 aromatic rings. The van der Waals surface area contributed by atoms with E-state index in [0.717, 1.165) is 7.05 Å². The number of hydrogen-bond acceptors (Lipinski definition) is 4. The Morgan fingerprint density at radius 1 is 1.20 bits per heavy atom. The molecule has 4 N–H and O–H groups in total. The third-order valence-corrected chi connectivity index (χ3v) is 2.85. The maximum atomic E-state index is 12.3. The second-order valence-electron chi connectivity index (χ2n) is 4.89. The number of halogens is 4. The van der Waals surface area contributed by atoms with Crippen LogP contribution in [0, 0.1) is 0 Å². The normalized spacial score (nSPS) is 10.4. The molecule has 0 aliphatic heterocycles. The van der Waals surface area contributed by atoms with E-state index < -0.39 is 23.9 Å². The number of rotatable bonds is 6. The Morgan fingerprint density at radius 2 is 1.84 bits per heavy atom. The third kappa shape index (κ3) is 7.86. The molecule has 0 bridgehead atoms. The minimum Gasteiger partial charge on any atom is -0.346 e. The van der Waals surface area contributed by atoms with Crippen molar-refractivity contribution in [1.29, 1.82) is 0 Å². The molecule has 140 valence electrons. The zero-order chi connectivity index (χ0) is 18.3. The second kappa shape index (κ2) is 9.84. The lowest BCUT2D eigenvalue weighted by Crippen LogP contribution is -2.38. The number of anilines is 1. The van der Waals surface area contributed by atoms with Crippen LogP contribution in [0.2, 0.25) is 0 Å².